The van der Waals surface area contributed by atoms with Crippen LogP contribution in [0.25, 0.3) is 0 Å². The maximum absolute atomic E-state index is 13.0. The zero-order chi connectivity index (χ0) is 21.6. The van der Waals surface area contributed by atoms with Gasteiger partial charge in [-0.1, -0.05) is 77.0 Å². The average molecular weight is 421 g/mol. The van der Waals surface area contributed by atoms with Gasteiger partial charge in [-0.05, 0) is 25.7 Å². The predicted octanol–water partition coefficient (Wildman–Crippen LogP) is 4.75. The second-order valence-corrected chi connectivity index (χ2v) is 8.86. The van der Waals surface area contributed by atoms with Crippen LogP contribution in [0.4, 0.5) is 0 Å². The first kappa shape index (κ1) is 24.5. The Balaban J connectivity index is 2.05. The summed E-state index contributed by atoms with van der Waals surface area (Å²) in [6.07, 6.45) is 16.6. The monoisotopic (exact) mass is 420 g/mol. The standard InChI is InChI=1S/C24H40N2O4/c27-21-17-13-9-5-1-3-7-11-15-19-25(21)23(29)24(30)26-20-16-12-8-4-2-6-10-14-18-22(26)28/h1-20H2. The molecular weight excluding hydrogens is 380 g/mol. The number of hydrogen-bond donors (Lipinski definition) is 0. The van der Waals surface area contributed by atoms with Gasteiger partial charge in [-0.15, -0.1) is 0 Å². The molecule has 6 heteroatoms. The Kier molecular flexibility index (Phi) is 11.7. The molecule has 170 valence electrons. The van der Waals surface area contributed by atoms with Crippen molar-refractivity contribution in [1.82, 2.24) is 9.80 Å². The highest BCUT2D eigenvalue weighted by Gasteiger charge is 2.33. The van der Waals surface area contributed by atoms with E-state index in [2.05, 4.69) is 0 Å². The van der Waals surface area contributed by atoms with Gasteiger partial charge in [0, 0.05) is 25.9 Å². The van der Waals surface area contributed by atoms with Crippen molar-refractivity contribution in [2.45, 2.75) is 116 Å². The molecule has 2 rings (SSSR count). The van der Waals surface area contributed by atoms with E-state index in [-0.39, 0.29) is 24.9 Å². The summed E-state index contributed by atoms with van der Waals surface area (Å²) in [7, 11) is 0. The molecule has 2 fully saturated rings. The first-order chi connectivity index (χ1) is 14.6. The predicted molar refractivity (Wildman–Crippen MR) is 117 cm³/mol. The van der Waals surface area contributed by atoms with Crippen molar-refractivity contribution in [1.29, 1.82) is 0 Å². The minimum atomic E-state index is -0.808. The van der Waals surface area contributed by atoms with Crippen LogP contribution in [0.3, 0.4) is 0 Å². The topological polar surface area (TPSA) is 74.8 Å². The average Bonchev–Trinajstić information content (AvgIpc) is 2.72. The highest BCUT2D eigenvalue weighted by molar-refractivity contribution is 6.39. The SMILES string of the molecule is O=C1CCCCCCCCCCN1C(=O)C(=O)N1CCCCCCCCCCC1=O. The van der Waals surface area contributed by atoms with Crippen LogP contribution in [0.2, 0.25) is 0 Å². The summed E-state index contributed by atoms with van der Waals surface area (Å²) in [4.78, 5) is 53.7. The maximum atomic E-state index is 13.0. The molecule has 0 aromatic heterocycles. The summed E-state index contributed by atoms with van der Waals surface area (Å²) >= 11 is 0. The first-order valence-corrected chi connectivity index (χ1v) is 12.3. The lowest BCUT2D eigenvalue weighted by atomic mass is 10.0. The number of carbonyl (C=O) groups is 4. The van der Waals surface area contributed by atoms with E-state index in [1.807, 2.05) is 0 Å². The third kappa shape index (κ3) is 8.57. The van der Waals surface area contributed by atoms with Gasteiger partial charge in [-0.3, -0.25) is 29.0 Å². The van der Waals surface area contributed by atoms with Gasteiger partial charge in [0.1, 0.15) is 0 Å². The lowest BCUT2D eigenvalue weighted by Gasteiger charge is -2.26. The number of nitrogens with zero attached hydrogens (tertiary/aromatic N) is 2. The fraction of sp³-hybridized carbons (Fsp3) is 0.833. The van der Waals surface area contributed by atoms with Crippen molar-refractivity contribution in [2.75, 3.05) is 13.1 Å². The molecule has 4 amide bonds. The summed E-state index contributed by atoms with van der Waals surface area (Å²) in [5.74, 6) is -2.15. The van der Waals surface area contributed by atoms with Crippen molar-refractivity contribution in [3.63, 3.8) is 0 Å². The van der Waals surface area contributed by atoms with Crippen molar-refractivity contribution < 1.29 is 19.2 Å². The molecular formula is C24H40N2O4. The number of amides is 4. The molecule has 2 aliphatic rings. The summed E-state index contributed by atoms with van der Waals surface area (Å²) in [5.41, 5.74) is 0. The molecule has 0 atom stereocenters. The zero-order valence-corrected chi connectivity index (χ0v) is 18.7. The Morgan fingerprint density at radius 1 is 0.433 bits per heavy atom. The van der Waals surface area contributed by atoms with Gasteiger partial charge in [0.05, 0.1) is 0 Å². The summed E-state index contributed by atoms with van der Waals surface area (Å²) in [5, 5.41) is 0. The van der Waals surface area contributed by atoms with Gasteiger partial charge in [0.25, 0.3) is 0 Å². The molecule has 0 radical (unpaired) electrons. The summed E-state index contributed by atoms with van der Waals surface area (Å²) in [6.45, 7) is 0.566. The van der Waals surface area contributed by atoms with Crippen LogP contribution in [0, 0.1) is 0 Å². The van der Waals surface area contributed by atoms with Crippen LogP contribution in [0.1, 0.15) is 116 Å². The molecule has 6 nitrogen and oxygen atoms in total. The van der Waals surface area contributed by atoms with Crippen LogP contribution in [-0.4, -0.2) is 46.5 Å². The molecule has 2 heterocycles. The van der Waals surface area contributed by atoms with Gasteiger partial charge < -0.3 is 0 Å². The van der Waals surface area contributed by atoms with Gasteiger partial charge in [0.15, 0.2) is 0 Å². The number of imide groups is 2. The molecule has 2 saturated heterocycles. The van der Waals surface area contributed by atoms with Crippen molar-refractivity contribution >= 4 is 23.6 Å². The van der Waals surface area contributed by atoms with E-state index >= 15 is 0 Å². The normalized spacial score (nSPS) is 22.3. The number of rotatable bonds is 0. The van der Waals surface area contributed by atoms with Gasteiger partial charge >= 0.3 is 11.8 Å². The van der Waals surface area contributed by atoms with Crippen molar-refractivity contribution in [2.24, 2.45) is 0 Å². The molecule has 2 aliphatic heterocycles. The van der Waals surface area contributed by atoms with Gasteiger partial charge in [-0.2, -0.15) is 0 Å². The minimum Gasteiger partial charge on any atom is -0.274 e. The zero-order valence-electron chi connectivity index (χ0n) is 18.7. The maximum Gasteiger partial charge on any atom is 0.319 e. The smallest absolute Gasteiger partial charge is 0.274 e. The fourth-order valence-corrected chi connectivity index (χ4v) is 4.39. The quantitative estimate of drug-likeness (QED) is 0.530. The van der Waals surface area contributed by atoms with Crippen LogP contribution in [0.15, 0.2) is 0 Å². The molecule has 0 bridgehead atoms. The fourth-order valence-electron chi connectivity index (χ4n) is 4.39. The lowest BCUT2D eigenvalue weighted by molar-refractivity contribution is -0.160. The Morgan fingerprint density at radius 3 is 1.03 bits per heavy atom. The first-order valence-electron chi connectivity index (χ1n) is 12.3. The Morgan fingerprint density at radius 2 is 0.700 bits per heavy atom. The van der Waals surface area contributed by atoms with Gasteiger partial charge in [0.2, 0.25) is 11.8 Å². The number of hydrogen-bond acceptors (Lipinski definition) is 4. The molecule has 0 N–H and O–H groups in total. The van der Waals surface area contributed by atoms with E-state index in [9.17, 15) is 19.2 Å². The van der Waals surface area contributed by atoms with E-state index in [1.165, 1.54) is 25.7 Å². The molecule has 30 heavy (non-hydrogen) atoms. The Labute approximate surface area is 181 Å². The Bertz CT molecular complexity index is 526. The molecule has 0 spiro atoms. The second kappa shape index (κ2) is 14.3. The van der Waals surface area contributed by atoms with Gasteiger partial charge in [-0.25, -0.2) is 0 Å². The second-order valence-electron chi connectivity index (χ2n) is 8.86. The summed E-state index contributed by atoms with van der Waals surface area (Å²) in [6, 6.07) is 0. The third-order valence-electron chi connectivity index (χ3n) is 6.32. The van der Waals surface area contributed by atoms with Crippen LogP contribution in [-0.2, 0) is 19.2 Å². The van der Waals surface area contributed by atoms with Crippen LogP contribution >= 0.6 is 0 Å². The lowest BCUT2D eigenvalue weighted by Crippen LogP contribution is -2.50. The molecule has 0 aromatic carbocycles. The molecule has 0 aliphatic carbocycles. The van der Waals surface area contributed by atoms with E-state index in [1.54, 1.807) is 0 Å². The molecule has 0 aromatic rings. The van der Waals surface area contributed by atoms with E-state index < -0.39 is 11.8 Å². The van der Waals surface area contributed by atoms with Crippen LogP contribution < -0.4 is 0 Å². The van der Waals surface area contributed by atoms with Crippen molar-refractivity contribution in [3.05, 3.63) is 0 Å². The minimum absolute atomic E-state index is 0.268. The number of carbonyl (C=O) groups excluding carboxylic acids is 4. The molecule has 0 saturated carbocycles. The summed E-state index contributed by atoms with van der Waals surface area (Å²) < 4.78 is 0. The molecule has 0 unspecified atom stereocenters. The largest absolute Gasteiger partial charge is 0.319 e. The van der Waals surface area contributed by atoms with E-state index in [4.69, 9.17) is 0 Å². The van der Waals surface area contributed by atoms with E-state index in [0.29, 0.717) is 12.8 Å². The highest BCUT2D eigenvalue weighted by Crippen LogP contribution is 2.16. The van der Waals surface area contributed by atoms with Crippen LogP contribution in [0.5, 0.6) is 0 Å². The van der Waals surface area contributed by atoms with E-state index in [0.717, 1.165) is 86.8 Å². The van der Waals surface area contributed by atoms with Crippen molar-refractivity contribution in [3.8, 4) is 0 Å². The Hall–Kier alpha value is -1.72. The third-order valence-corrected chi connectivity index (χ3v) is 6.32. The highest BCUT2D eigenvalue weighted by atomic mass is 16.2.